The fraction of sp³-hybridized carbons (Fsp3) is 0.333. The molecule has 0 radical (unpaired) electrons. The van der Waals surface area contributed by atoms with Gasteiger partial charge in [0.2, 0.25) is 5.56 Å². The zero-order chi connectivity index (χ0) is 16.2. The molecule has 1 aromatic carbocycles. The van der Waals surface area contributed by atoms with Crippen LogP contribution in [-0.2, 0) is 6.54 Å². The van der Waals surface area contributed by atoms with Crippen molar-refractivity contribution in [3.05, 3.63) is 69.6 Å². The number of rotatable bonds is 3. The van der Waals surface area contributed by atoms with Crippen LogP contribution in [0.2, 0.25) is 0 Å². The Morgan fingerprint density at radius 1 is 1.09 bits per heavy atom. The van der Waals surface area contributed by atoms with Crippen molar-refractivity contribution in [3.63, 3.8) is 0 Å². The Morgan fingerprint density at radius 3 is 2.43 bits per heavy atom. The van der Waals surface area contributed by atoms with Crippen LogP contribution in [0.3, 0.4) is 0 Å². The van der Waals surface area contributed by atoms with E-state index in [4.69, 9.17) is 0 Å². The summed E-state index contributed by atoms with van der Waals surface area (Å²) < 4.78 is 0. The molecule has 2 heterocycles. The molecule has 2 aromatic rings. The molecule has 1 aliphatic heterocycles. The van der Waals surface area contributed by atoms with Gasteiger partial charge in [0.05, 0.1) is 0 Å². The van der Waals surface area contributed by atoms with Crippen LogP contribution in [0.4, 0.5) is 0 Å². The van der Waals surface area contributed by atoms with E-state index < -0.39 is 0 Å². The number of nitrogens with zero attached hydrogens (tertiary/aromatic N) is 2. The van der Waals surface area contributed by atoms with Crippen LogP contribution in [0.25, 0.3) is 0 Å². The average molecular weight is 311 g/mol. The van der Waals surface area contributed by atoms with E-state index in [0.717, 1.165) is 19.6 Å². The third kappa shape index (κ3) is 3.87. The maximum absolute atomic E-state index is 12.5. The van der Waals surface area contributed by atoms with E-state index in [0.29, 0.717) is 24.3 Å². The Kier molecular flexibility index (Phi) is 4.57. The van der Waals surface area contributed by atoms with Gasteiger partial charge in [-0.25, -0.2) is 0 Å². The number of hydrogen-bond acceptors (Lipinski definition) is 3. The standard InChI is InChI=1S/C18H21N3O2/c1-14-11-16(12-17(22)19-14)18(23)21-9-7-20(8-10-21)13-15-5-3-2-4-6-15/h2-6,11-12H,7-10,13H2,1H3,(H,19,22). The number of aryl methyl sites for hydroxylation is 1. The molecule has 1 aromatic heterocycles. The van der Waals surface area contributed by atoms with E-state index in [9.17, 15) is 9.59 Å². The zero-order valence-corrected chi connectivity index (χ0v) is 13.3. The minimum atomic E-state index is -0.226. The maximum Gasteiger partial charge on any atom is 0.254 e. The molecule has 1 amide bonds. The first-order valence-electron chi connectivity index (χ1n) is 7.88. The second-order valence-corrected chi connectivity index (χ2v) is 5.97. The van der Waals surface area contributed by atoms with Gasteiger partial charge in [0.25, 0.3) is 5.91 Å². The molecular formula is C18H21N3O2. The molecule has 0 spiro atoms. The third-order valence-corrected chi connectivity index (χ3v) is 4.13. The van der Waals surface area contributed by atoms with Crippen LogP contribution < -0.4 is 5.56 Å². The Labute approximate surface area is 135 Å². The third-order valence-electron chi connectivity index (χ3n) is 4.13. The topological polar surface area (TPSA) is 56.4 Å². The van der Waals surface area contributed by atoms with Crippen molar-refractivity contribution in [2.45, 2.75) is 13.5 Å². The van der Waals surface area contributed by atoms with Gasteiger partial charge in [0.15, 0.2) is 0 Å². The van der Waals surface area contributed by atoms with Gasteiger partial charge in [0.1, 0.15) is 0 Å². The lowest BCUT2D eigenvalue weighted by atomic mass is 10.1. The van der Waals surface area contributed by atoms with Gasteiger partial charge >= 0.3 is 0 Å². The molecule has 23 heavy (non-hydrogen) atoms. The lowest BCUT2D eigenvalue weighted by Gasteiger charge is -2.34. The molecule has 0 saturated carbocycles. The van der Waals surface area contributed by atoms with Crippen LogP contribution in [-0.4, -0.2) is 46.9 Å². The molecule has 5 nitrogen and oxygen atoms in total. The van der Waals surface area contributed by atoms with Gasteiger partial charge in [-0.05, 0) is 18.6 Å². The first-order valence-corrected chi connectivity index (χ1v) is 7.88. The maximum atomic E-state index is 12.5. The molecular weight excluding hydrogens is 290 g/mol. The fourth-order valence-corrected chi connectivity index (χ4v) is 2.94. The minimum absolute atomic E-state index is 0.0569. The minimum Gasteiger partial charge on any atom is -0.336 e. The highest BCUT2D eigenvalue weighted by atomic mass is 16.2. The van der Waals surface area contributed by atoms with Gasteiger partial charge in [-0.2, -0.15) is 0 Å². The van der Waals surface area contributed by atoms with Gasteiger partial charge in [0, 0.05) is 50.0 Å². The number of aromatic amines is 1. The van der Waals surface area contributed by atoms with Gasteiger partial charge in [-0.1, -0.05) is 30.3 Å². The quantitative estimate of drug-likeness (QED) is 0.937. The molecule has 1 aliphatic rings. The number of nitrogens with one attached hydrogen (secondary N) is 1. The van der Waals surface area contributed by atoms with Gasteiger partial charge in [-0.3, -0.25) is 14.5 Å². The van der Waals surface area contributed by atoms with Crippen molar-refractivity contribution in [1.82, 2.24) is 14.8 Å². The van der Waals surface area contributed by atoms with E-state index >= 15 is 0 Å². The Morgan fingerprint density at radius 2 is 1.78 bits per heavy atom. The van der Waals surface area contributed by atoms with E-state index in [1.165, 1.54) is 11.6 Å². The zero-order valence-electron chi connectivity index (χ0n) is 13.3. The Balaban J connectivity index is 1.60. The number of benzene rings is 1. The predicted molar refractivity (Wildman–Crippen MR) is 89.4 cm³/mol. The summed E-state index contributed by atoms with van der Waals surface area (Å²) in [7, 11) is 0. The smallest absolute Gasteiger partial charge is 0.254 e. The van der Waals surface area contributed by atoms with Crippen molar-refractivity contribution in [3.8, 4) is 0 Å². The number of carbonyl (C=O) groups excluding carboxylic acids is 1. The van der Waals surface area contributed by atoms with Crippen molar-refractivity contribution < 1.29 is 4.79 Å². The van der Waals surface area contributed by atoms with Gasteiger partial charge in [-0.15, -0.1) is 0 Å². The fourth-order valence-electron chi connectivity index (χ4n) is 2.94. The first kappa shape index (κ1) is 15.5. The van der Waals surface area contributed by atoms with E-state index in [1.807, 2.05) is 23.1 Å². The summed E-state index contributed by atoms with van der Waals surface area (Å²) in [6.45, 7) is 5.78. The van der Waals surface area contributed by atoms with E-state index in [2.05, 4.69) is 22.0 Å². The summed E-state index contributed by atoms with van der Waals surface area (Å²) in [5.41, 5.74) is 2.25. The lowest BCUT2D eigenvalue weighted by Crippen LogP contribution is -2.48. The summed E-state index contributed by atoms with van der Waals surface area (Å²) >= 11 is 0. The Hall–Kier alpha value is -2.40. The van der Waals surface area contributed by atoms with E-state index in [1.54, 1.807) is 13.0 Å². The molecule has 1 saturated heterocycles. The number of piperazine rings is 1. The highest BCUT2D eigenvalue weighted by Gasteiger charge is 2.22. The number of pyridine rings is 1. The number of H-pyrrole nitrogens is 1. The average Bonchev–Trinajstić information content (AvgIpc) is 2.55. The molecule has 5 heteroatoms. The summed E-state index contributed by atoms with van der Waals surface area (Å²) in [4.78, 5) is 30.9. The second-order valence-electron chi connectivity index (χ2n) is 5.97. The van der Waals surface area contributed by atoms with Crippen molar-refractivity contribution >= 4 is 5.91 Å². The number of carbonyl (C=O) groups is 1. The SMILES string of the molecule is Cc1cc(C(=O)N2CCN(Cc3ccccc3)CC2)cc(=O)[nH]1. The number of hydrogen-bond donors (Lipinski definition) is 1. The highest BCUT2D eigenvalue weighted by molar-refractivity contribution is 5.94. The van der Waals surface area contributed by atoms with Crippen LogP contribution >= 0.6 is 0 Å². The molecule has 3 rings (SSSR count). The van der Waals surface area contributed by atoms with Crippen molar-refractivity contribution in [1.29, 1.82) is 0 Å². The predicted octanol–water partition coefficient (Wildman–Crippen LogP) is 1.64. The molecule has 0 atom stereocenters. The van der Waals surface area contributed by atoms with Gasteiger partial charge < -0.3 is 9.88 Å². The Bertz CT molecular complexity index is 731. The summed E-state index contributed by atoms with van der Waals surface area (Å²) in [6.07, 6.45) is 0. The van der Waals surface area contributed by atoms with Crippen LogP contribution in [0.5, 0.6) is 0 Å². The normalized spacial score (nSPS) is 15.6. The van der Waals surface area contributed by atoms with Crippen LogP contribution in [0.15, 0.2) is 47.3 Å². The van der Waals surface area contributed by atoms with E-state index in [-0.39, 0.29) is 11.5 Å². The summed E-state index contributed by atoms with van der Waals surface area (Å²) in [6, 6.07) is 13.5. The number of aromatic nitrogens is 1. The lowest BCUT2D eigenvalue weighted by molar-refractivity contribution is 0.0628. The summed E-state index contributed by atoms with van der Waals surface area (Å²) in [5.74, 6) is -0.0569. The molecule has 120 valence electrons. The highest BCUT2D eigenvalue weighted by Crippen LogP contribution is 2.11. The van der Waals surface area contributed by atoms with Crippen molar-refractivity contribution in [2.75, 3.05) is 26.2 Å². The molecule has 1 N–H and O–H groups in total. The monoisotopic (exact) mass is 311 g/mol. The number of amides is 1. The molecule has 1 fully saturated rings. The van der Waals surface area contributed by atoms with Crippen molar-refractivity contribution in [2.24, 2.45) is 0 Å². The molecule has 0 bridgehead atoms. The first-order chi connectivity index (χ1) is 11.1. The second kappa shape index (κ2) is 6.79. The molecule has 0 aliphatic carbocycles. The molecule has 0 unspecified atom stereocenters. The summed E-state index contributed by atoms with van der Waals surface area (Å²) in [5, 5.41) is 0. The van der Waals surface area contributed by atoms with Crippen LogP contribution in [0.1, 0.15) is 21.6 Å². The van der Waals surface area contributed by atoms with Crippen LogP contribution in [0, 0.1) is 6.92 Å². The largest absolute Gasteiger partial charge is 0.336 e.